The predicted octanol–water partition coefficient (Wildman–Crippen LogP) is 5.92. The molecular formula is C30H35F3N6O7. The van der Waals surface area contributed by atoms with Gasteiger partial charge in [-0.2, -0.15) is 13.2 Å². The Labute approximate surface area is 262 Å². The van der Waals surface area contributed by atoms with Crippen LogP contribution in [0.25, 0.3) is 11.1 Å². The Hall–Kier alpha value is -4.89. The van der Waals surface area contributed by atoms with Gasteiger partial charge in [-0.1, -0.05) is 0 Å². The first kappa shape index (κ1) is 34.0. The fourth-order valence-electron chi connectivity index (χ4n) is 4.81. The van der Waals surface area contributed by atoms with Crippen molar-refractivity contribution in [2.45, 2.75) is 71.4 Å². The Bertz CT molecular complexity index is 1630. The van der Waals surface area contributed by atoms with Gasteiger partial charge in [0, 0.05) is 31.0 Å². The molecule has 2 unspecified atom stereocenters. The average Bonchev–Trinajstić information content (AvgIpc) is 3.27. The van der Waals surface area contributed by atoms with Gasteiger partial charge in [-0.05, 0) is 60.1 Å². The zero-order chi connectivity index (χ0) is 34.0. The van der Waals surface area contributed by atoms with E-state index in [0.29, 0.717) is 6.29 Å². The highest BCUT2D eigenvalue weighted by Gasteiger charge is 2.45. The largest absolute Gasteiger partial charge is 0.444 e. The number of alkyl halides is 3. The number of aromatic nitrogens is 2. The van der Waals surface area contributed by atoms with Crippen LogP contribution in [0.15, 0.2) is 35.1 Å². The van der Waals surface area contributed by atoms with Crippen molar-refractivity contribution in [2.75, 3.05) is 28.6 Å². The van der Waals surface area contributed by atoms with Crippen LogP contribution < -0.4 is 20.9 Å². The SMILES string of the molecule is CC(C)(C)OC(=O)Nc1oc2cc(C=O)cnc2c1C(=O)Nc1cnccc1N1CC(NC(=O)OC(C)(C)C)CC(C(F)(F)F)C1. The highest BCUT2D eigenvalue weighted by molar-refractivity contribution is 6.17. The fourth-order valence-corrected chi connectivity index (χ4v) is 4.81. The number of nitrogens with zero attached hydrogens (tertiary/aromatic N) is 3. The molecule has 0 aliphatic carbocycles. The van der Waals surface area contributed by atoms with Crippen molar-refractivity contribution in [2.24, 2.45) is 5.92 Å². The number of piperidine rings is 1. The number of halogens is 3. The highest BCUT2D eigenvalue weighted by Crippen LogP contribution is 2.38. The maximum Gasteiger partial charge on any atom is 0.414 e. The summed E-state index contributed by atoms with van der Waals surface area (Å²) in [6.45, 7) is 9.33. The van der Waals surface area contributed by atoms with E-state index in [2.05, 4.69) is 25.9 Å². The van der Waals surface area contributed by atoms with Crippen LogP contribution in [0.2, 0.25) is 0 Å². The normalized spacial score (nSPS) is 17.3. The van der Waals surface area contributed by atoms with Gasteiger partial charge in [0.2, 0.25) is 5.88 Å². The third-order valence-electron chi connectivity index (χ3n) is 6.55. The lowest BCUT2D eigenvalue weighted by Crippen LogP contribution is -2.54. The molecule has 0 radical (unpaired) electrons. The van der Waals surface area contributed by atoms with Crippen LogP contribution in [0, 0.1) is 5.92 Å². The van der Waals surface area contributed by atoms with E-state index in [-0.39, 0.29) is 52.5 Å². The number of hydrogen-bond donors (Lipinski definition) is 3. The number of fused-ring (bicyclic) bond motifs is 1. The molecule has 1 saturated heterocycles. The summed E-state index contributed by atoms with van der Waals surface area (Å²) < 4.78 is 58.3. The summed E-state index contributed by atoms with van der Waals surface area (Å²) in [5.74, 6) is -2.99. The quantitative estimate of drug-likeness (QED) is 0.273. The molecule has 0 aromatic carbocycles. The number of alkyl carbamates (subject to hydrolysis) is 1. The molecule has 0 bridgehead atoms. The van der Waals surface area contributed by atoms with Crippen molar-refractivity contribution in [3.05, 3.63) is 41.9 Å². The molecule has 0 saturated carbocycles. The predicted molar refractivity (Wildman–Crippen MR) is 161 cm³/mol. The molecule has 46 heavy (non-hydrogen) atoms. The van der Waals surface area contributed by atoms with Crippen LogP contribution in [-0.2, 0) is 9.47 Å². The number of aldehydes is 1. The number of carbonyl (C=O) groups is 4. The van der Waals surface area contributed by atoms with Crippen molar-refractivity contribution in [3.8, 4) is 0 Å². The van der Waals surface area contributed by atoms with Gasteiger partial charge >= 0.3 is 18.4 Å². The summed E-state index contributed by atoms with van der Waals surface area (Å²) >= 11 is 0. The maximum atomic E-state index is 14.0. The minimum atomic E-state index is -4.58. The van der Waals surface area contributed by atoms with Gasteiger partial charge in [-0.15, -0.1) is 0 Å². The van der Waals surface area contributed by atoms with E-state index in [1.54, 1.807) is 41.5 Å². The number of anilines is 3. The number of pyridine rings is 2. The summed E-state index contributed by atoms with van der Waals surface area (Å²) in [6.07, 6.45) is -2.41. The molecule has 1 aliphatic rings. The molecule has 16 heteroatoms. The van der Waals surface area contributed by atoms with E-state index in [9.17, 15) is 32.3 Å². The maximum absolute atomic E-state index is 14.0. The van der Waals surface area contributed by atoms with E-state index >= 15 is 0 Å². The van der Waals surface area contributed by atoms with Crippen molar-refractivity contribution in [3.63, 3.8) is 0 Å². The van der Waals surface area contributed by atoms with Gasteiger partial charge < -0.3 is 29.4 Å². The van der Waals surface area contributed by atoms with E-state index in [4.69, 9.17) is 13.9 Å². The number of ether oxygens (including phenoxy) is 2. The number of rotatable bonds is 6. The molecule has 248 valence electrons. The number of furan rings is 1. The average molecular weight is 649 g/mol. The zero-order valence-electron chi connectivity index (χ0n) is 26.1. The Kier molecular flexibility index (Phi) is 9.49. The van der Waals surface area contributed by atoms with Gasteiger partial charge in [0.1, 0.15) is 22.3 Å². The van der Waals surface area contributed by atoms with Crippen LogP contribution in [0.4, 0.5) is 40.0 Å². The van der Waals surface area contributed by atoms with Crippen LogP contribution in [0.3, 0.4) is 0 Å². The van der Waals surface area contributed by atoms with Gasteiger partial charge in [0.25, 0.3) is 5.91 Å². The first-order valence-electron chi connectivity index (χ1n) is 14.3. The molecule has 4 heterocycles. The lowest BCUT2D eigenvalue weighted by Gasteiger charge is -2.40. The second kappa shape index (κ2) is 12.8. The standard InChI is InChI=1S/C30H35F3N6O7/c1-28(2,3)45-26(42)36-18-10-17(30(31,32)33)13-39(14-18)20-7-8-34-12-19(20)37-24(41)22-23-21(9-16(15-40)11-35-23)44-25(22)38-27(43)46-29(4,5)6/h7-9,11-12,15,17-18H,10,13-14H2,1-6H3,(H,36,42)(H,37,41)(H,38,43). The van der Waals surface area contributed by atoms with Gasteiger partial charge in [-0.3, -0.25) is 24.9 Å². The lowest BCUT2D eigenvalue weighted by molar-refractivity contribution is -0.177. The van der Waals surface area contributed by atoms with E-state index in [0.717, 1.165) is 0 Å². The summed E-state index contributed by atoms with van der Waals surface area (Å²) in [5, 5.41) is 7.54. The second-order valence-corrected chi connectivity index (χ2v) is 12.7. The molecule has 4 rings (SSSR count). The van der Waals surface area contributed by atoms with Crippen LogP contribution in [0.1, 0.15) is 68.7 Å². The Morgan fingerprint density at radius 1 is 1.00 bits per heavy atom. The number of hydrogen-bond acceptors (Lipinski definition) is 10. The monoisotopic (exact) mass is 648 g/mol. The van der Waals surface area contributed by atoms with Crippen molar-refractivity contribution in [1.29, 1.82) is 0 Å². The van der Waals surface area contributed by atoms with Crippen LogP contribution in [0.5, 0.6) is 0 Å². The summed E-state index contributed by atoms with van der Waals surface area (Å²) in [5.41, 5.74) is -1.60. The highest BCUT2D eigenvalue weighted by atomic mass is 19.4. The molecule has 1 aliphatic heterocycles. The molecule has 1 fully saturated rings. The first-order chi connectivity index (χ1) is 21.3. The molecule has 13 nitrogen and oxygen atoms in total. The van der Waals surface area contributed by atoms with E-state index in [1.165, 1.54) is 35.6 Å². The zero-order valence-corrected chi connectivity index (χ0v) is 26.1. The van der Waals surface area contributed by atoms with Gasteiger partial charge in [0.15, 0.2) is 11.9 Å². The molecular weight excluding hydrogens is 613 g/mol. The molecule has 2 atom stereocenters. The van der Waals surface area contributed by atoms with Crippen LogP contribution >= 0.6 is 0 Å². The number of nitrogens with one attached hydrogen (secondary N) is 3. The minimum absolute atomic E-state index is 0.00340. The summed E-state index contributed by atoms with van der Waals surface area (Å²) in [7, 11) is 0. The fraction of sp³-hybridized carbons (Fsp3) is 0.467. The Balaban J connectivity index is 1.66. The molecule has 3 aromatic rings. The van der Waals surface area contributed by atoms with Crippen molar-refractivity contribution < 1.29 is 46.2 Å². The summed E-state index contributed by atoms with van der Waals surface area (Å²) in [6, 6.07) is 1.82. The topological polar surface area (TPSA) is 165 Å². The van der Waals surface area contributed by atoms with Crippen LogP contribution in [-0.4, -0.2) is 70.9 Å². The third-order valence-corrected chi connectivity index (χ3v) is 6.55. The molecule has 3 aromatic heterocycles. The Morgan fingerprint density at radius 2 is 1.67 bits per heavy atom. The van der Waals surface area contributed by atoms with Gasteiger partial charge in [0.05, 0.1) is 29.5 Å². The molecule has 3 amide bonds. The Morgan fingerprint density at radius 3 is 2.30 bits per heavy atom. The second-order valence-electron chi connectivity index (χ2n) is 12.7. The molecule has 0 spiro atoms. The van der Waals surface area contributed by atoms with Crippen molar-refractivity contribution in [1.82, 2.24) is 15.3 Å². The minimum Gasteiger partial charge on any atom is -0.444 e. The smallest absolute Gasteiger partial charge is 0.414 e. The van der Waals surface area contributed by atoms with E-state index in [1.807, 2.05) is 0 Å². The number of amides is 3. The van der Waals surface area contributed by atoms with E-state index < -0.39 is 54.0 Å². The third kappa shape index (κ3) is 8.63. The molecule has 3 N–H and O–H groups in total. The number of carbonyl (C=O) groups excluding carboxylic acids is 4. The summed E-state index contributed by atoms with van der Waals surface area (Å²) in [4.78, 5) is 59.6. The lowest BCUT2D eigenvalue weighted by atomic mass is 9.93. The van der Waals surface area contributed by atoms with Crippen molar-refractivity contribution >= 4 is 52.7 Å². The van der Waals surface area contributed by atoms with Gasteiger partial charge in [-0.25, -0.2) is 9.59 Å². The first-order valence-corrected chi connectivity index (χ1v) is 14.3.